The molecule has 0 saturated carbocycles. The molecule has 0 spiro atoms. The number of phenols is 1. The zero-order chi connectivity index (χ0) is 15.8. The van der Waals surface area contributed by atoms with Gasteiger partial charge in [0.25, 0.3) is 0 Å². The molecule has 0 amide bonds. The zero-order valence-corrected chi connectivity index (χ0v) is 13.6. The molecule has 0 radical (unpaired) electrons. The first-order valence-electron chi connectivity index (χ1n) is 8.29. The van der Waals surface area contributed by atoms with Gasteiger partial charge in [-0.1, -0.05) is 39.5 Å². The molecule has 2 aromatic rings. The Balaban J connectivity index is 1.78. The van der Waals surface area contributed by atoms with E-state index < -0.39 is 0 Å². The highest BCUT2D eigenvalue weighted by Crippen LogP contribution is 2.18. The predicted octanol–water partition coefficient (Wildman–Crippen LogP) is 5.00. The average Bonchev–Trinajstić information content (AvgIpc) is 2.55. The van der Waals surface area contributed by atoms with Gasteiger partial charge in [-0.2, -0.15) is 0 Å². The van der Waals surface area contributed by atoms with Gasteiger partial charge in [-0.3, -0.25) is 0 Å². The zero-order valence-electron chi connectivity index (χ0n) is 13.6. The molecule has 0 saturated heterocycles. The van der Waals surface area contributed by atoms with Crippen LogP contribution in [0.2, 0.25) is 0 Å². The maximum atomic E-state index is 9.30. The van der Waals surface area contributed by atoms with E-state index in [-0.39, 0.29) is 5.75 Å². The van der Waals surface area contributed by atoms with E-state index in [0.717, 1.165) is 17.9 Å². The quantitative estimate of drug-likeness (QED) is 0.698. The number of phenolic OH excluding ortho intramolecular Hbond substituents is 1. The summed E-state index contributed by atoms with van der Waals surface area (Å²) in [4.78, 5) is 8.85. The van der Waals surface area contributed by atoms with Crippen molar-refractivity contribution in [3.63, 3.8) is 0 Å². The van der Waals surface area contributed by atoms with E-state index in [1.165, 1.54) is 37.7 Å². The molecule has 1 N–H and O–H groups in total. The second kappa shape index (κ2) is 8.52. The highest BCUT2D eigenvalue weighted by atomic mass is 16.3. The van der Waals surface area contributed by atoms with Crippen molar-refractivity contribution >= 4 is 0 Å². The Bertz CT molecular complexity index is 549. The van der Waals surface area contributed by atoms with Crippen LogP contribution in [0.25, 0.3) is 11.4 Å². The van der Waals surface area contributed by atoms with E-state index >= 15 is 0 Å². The van der Waals surface area contributed by atoms with E-state index in [1.54, 1.807) is 12.1 Å². The molecule has 1 atom stereocenters. The van der Waals surface area contributed by atoms with E-state index in [0.29, 0.717) is 5.82 Å². The SMILES string of the molecule is CC[C@H](C)CCCCCc1cnc(-c2ccc(O)cc2)nc1. The molecule has 0 aliphatic heterocycles. The molecule has 118 valence electrons. The van der Waals surface area contributed by atoms with Crippen LogP contribution in [0.3, 0.4) is 0 Å². The Kier molecular flexibility index (Phi) is 6.38. The normalized spacial score (nSPS) is 12.3. The van der Waals surface area contributed by atoms with E-state index in [2.05, 4.69) is 23.8 Å². The van der Waals surface area contributed by atoms with Gasteiger partial charge in [0.1, 0.15) is 5.75 Å². The molecular formula is C19H26N2O. The number of aryl methyl sites for hydroxylation is 1. The number of benzene rings is 1. The molecule has 22 heavy (non-hydrogen) atoms. The standard InChI is InChI=1S/C19H26N2O/c1-3-15(2)7-5-4-6-8-16-13-20-19(21-14-16)17-9-11-18(22)12-10-17/h9-15,22H,3-8H2,1-2H3/t15-/m0/s1. The summed E-state index contributed by atoms with van der Waals surface area (Å²) < 4.78 is 0. The second-order valence-electron chi connectivity index (χ2n) is 6.07. The van der Waals surface area contributed by atoms with Crippen molar-refractivity contribution in [1.29, 1.82) is 0 Å². The monoisotopic (exact) mass is 298 g/mol. The number of aromatic hydroxyl groups is 1. The van der Waals surface area contributed by atoms with Crippen molar-refractivity contribution < 1.29 is 5.11 Å². The highest BCUT2D eigenvalue weighted by molar-refractivity contribution is 5.55. The van der Waals surface area contributed by atoms with Gasteiger partial charge in [0, 0.05) is 18.0 Å². The molecule has 0 bridgehead atoms. The molecule has 3 nitrogen and oxygen atoms in total. The largest absolute Gasteiger partial charge is 0.508 e. The fourth-order valence-corrected chi connectivity index (χ4v) is 2.45. The second-order valence-corrected chi connectivity index (χ2v) is 6.07. The minimum absolute atomic E-state index is 0.262. The molecule has 1 aromatic heterocycles. The lowest BCUT2D eigenvalue weighted by Crippen LogP contribution is -1.94. The third-order valence-corrected chi connectivity index (χ3v) is 4.19. The van der Waals surface area contributed by atoms with Crippen LogP contribution in [0.1, 0.15) is 51.5 Å². The molecule has 1 heterocycles. The van der Waals surface area contributed by atoms with Gasteiger partial charge in [0.15, 0.2) is 5.82 Å². The van der Waals surface area contributed by atoms with Crippen molar-refractivity contribution in [2.75, 3.05) is 0 Å². The summed E-state index contributed by atoms with van der Waals surface area (Å²) >= 11 is 0. The third kappa shape index (κ3) is 5.14. The summed E-state index contributed by atoms with van der Waals surface area (Å²) in [6, 6.07) is 6.98. The number of nitrogens with zero attached hydrogens (tertiary/aromatic N) is 2. The molecule has 0 aliphatic carbocycles. The molecular weight excluding hydrogens is 272 g/mol. The van der Waals surface area contributed by atoms with Gasteiger partial charge in [-0.25, -0.2) is 9.97 Å². The fraction of sp³-hybridized carbons (Fsp3) is 0.474. The van der Waals surface area contributed by atoms with Gasteiger partial charge in [-0.15, -0.1) is 0 Å². The lowest BCUT2D eigenvalue weighted by atomic mass is 10.00. The van der Waals surface area contributed by atoms with Crippen molar-refractivity contribution in [1.82, 2.24) is 9.97 Å². The number of aromatic nitrogens is 2. The molecule has 0 aliphatic rings. The first-order chi connectivity index (χ1) is 10.7. The molecule has 0 fully saturated rings. The van der Waals surface area contributed by atoms with Gasteiger partial charge >= 0.3 is 0 Å². The van der Waals surface area contributed by atoms with E-state index in [9.17, 15) is 5.11 Å². The first kappa shape index (κ1) is 16.5. The molecule has 2 rings (SSSR count). The Morgan fingerprint density at radius 1 is 1.00 bits per heavy atom. The lowest BCUT2D eigenvalue weighted by molar-refractivity contribution is 0.475. The summed E-state index contributed by atoms with van der Waals surface area (Å²) in [7, 11) is 0. The van der Waals surface area contributed by atoms with E-state index in [4.69, 9.17) is 0 Å². The van der Waals surface area contributed by atoms with Gasteiger partial charge in [0.05, 0.1) is 0 Å². The Hall–Kier alpha value is -1.90. The third-order valence-electron chi connectivity index (χ3n) is 4.19. The first-order valence-corrected chi connectivity index (χ1v) is 8.29. The Morgan fingerprint density at radius 2 is 1.68 bits per heavy atom. The number of hydrogen-bond acceptors (Lipinski definition) is 3. The van der Waals surface area contributed by atoms with Crippen LogP contribution < -0.4 is 0 Å². The minimum Gasteiger partial charge on any atom is -0.508 e. The van der Waals surface area contributed by atoms with Crippen molar-refractivity contribution in [2.45, 2.75) is 52.4 Å². The molecule has 0 unspecified atom stereocenters. The van der Waals surface area contributed by atoms with Crippen LogP contribution in [-0.4, -0.2) is 15.1 Å². The summed E-state index contributed by atoms with van der Waals surface area (Å²) in [5.74, 6) is 1.83. The van der Waals surface area contributed by atoms with E-state index in [1.807, 2.05) is 24.5 Å². The fourth-order valence-electron chi connectivity index (χ4n) is 2.45. The van der Waals surface area contributed by atoms with Crippen LogP contribution in [0.4, 0.5) is 0 Å². The van der Waals surface area contributed by atoms with Crippen molar-refractivity contribution in [3.05, 3.63) is 42.2 Å². The van der Waals surface area contributed by atoms with Crippen LogP contribution in [0.5, 0.6) is 5.75 Å². The summed E-state index contributed by atoms with van der Waals surface area (Å²) in [5, 5.41) is 9.30. The van der Waals surface area contributed by atoms with Gasteiger partial charge in [0.2, 0.25) is 0 Å². The number of rotatable bonds is 8. The van der Waals surface area contributed by atoms with Gasteiger partial charge in [-0.05, 0) is 48.6 Å². The van der Waals surface area contributed by atoms with Crippen LogP contribution in [0.15, 0.2) is 36.7 Å². The maximum absolute atomic E-state index is 9.30. The Morgan fingerprint density at radius 3 is 2.32 bits per heavy atom. The average molecular weight is 298 g/mol. The van der Waals surface area contributed by atoms with Crippen molar-refractivity contribution in [3.8, 4) is 17.1 Å². The number of hydrogen-bond donors (Lipinski definition) is 1. The van der Waals surface area contributed by atoms with Gasteiger partial charge < -0.3 is 5.11 Å². The van der Waals surface area contributed by atoms with Crippen LogP contribution in [-0.2, 0) is 6.42 Å². The lowest BCUT2D eigenvalue weighted by Gasteiger charge is -2.07. The Labute approximate surface area is 133 Å². The predicted molar refractivity (Wildman–Crippen MR) is 90.8 cm³/mol. The number of unbranched alkanes of at least 4 members (excludes halogenated alkanes) is 2. The summed E-state index contributed by atoms with van der Waals surface area (Å²) in [5.41, 5.74) is 2.13. The molecule has 3 heteroatoms. The summed E-state index contributed by atoms with van der Waals surface area (Å²) in [6.07, 6.45) is 11.3. The highest BCUT2D eigenvalue weighted by Gasteiger charge is 2.02. The minimum atomic E-state index is 0.262. The van der Waals surface area contributed by atoms with Crippen LogP contribution >= 0.6 is 0 Å². The maximum Gasteiger partial charge on any atom is 0.159 e. The smallest absolute Gasteiger partial charge is 0.159 e. The topological polar surface area (TPSA) is 46.0 Å². The van der Waals surface area contributed by atoms with Crippen molar-refractivity contribution in [2.24, 2.45) is 5.92 Å². The summed E-state index contributed by atoms with van der Waals surface area (Å²) in [6.45, 7) is 4.59. The molecule has 1 aromatic carbocycles. The van der Waals surface area contributed by atoms with Crippen LogP contribution in [0, 0.1) is 5.92 Å².